The first-order valence-electron chi connectivity index (χ1n) is 5.60. The van der Waals surface area contributed by atoms with Gasteiger partial charge in [0.05, 0.1) is 0 Å². The summed E-state index contributed by atoms with van der Waals surface area (Å²) in [5.74, 6) is 0.613. The molecule has 0 aliphatic heterocycles. The number of carbonyl (C=O) groups excluding carboxylic acids is 2. The normalized spacial score (nSPS) is 8.00. The second-order valence-electron chi connectivity index (χ2n) is 3.44. The van der Waals surface area contributed by atoms with Crippen LogP contribution in [0.15, 0.2) is 0 Å². The summed E-state index contributed by atoms with van der Waals surface area (Å²) in [6.45, 7) is 9.91. The van der Waals surface area contributed by atoms with E-state index in [4.69, 9.17) is 0 Å². The second kappa shape index (κ2) is 15.6. The maximum Gasteiger partial charge on any atom is 0.209 e. The Morgan fingerprint density at radius 2 is 1.60 bits per heavy atom. The lowest BCUT2D eigenvalue weighted by Crippen LogP contribution is -2.06. The summed E-state index contributed by atoms with van der Waals surface area (Å²) in [7, 11) is 3.38. The van der Waals surface area contributed by atoms with Gasteiger partial charge in [-0.05, 0) is 6.42 Å². The van der Waals surface area contributed by atoms with E-state index in [1.54, 1.807) is 14.1 Å². The minimum Gasteiger partial charge on any atom is -0.351 e. The van der Waals surface area contributed by atoms with Crippen LogP contribution in [0, 0.1) is 5.92 Å². The SMILES string of the molecule is CC.CCCC(=O)C(C)C.CN(C)C=O. The number of rotatable bonds is 4. The zero-order chi connectivity index (χ0) is 12.9. The third-order valence-electron chi connectivity index (χ3n) is 1.35. The predicted molar refractivity (Wildman–Crippen MR) is 65.9 cm³/mol. The lowest BCUT2D eigenvalue weighted by molar-refractivity contribution is -0.122. The van der Waals surface area contributed by atoms with E-state index in [9.17, 15) is 9.59 Å². The highest BCUT2D eigenvalue weighted by Crippen LogP contribution is 1.99. The van der Waals surface area contributed by atoms with E-state index in [1.807, 2.05) is 34.6 Å². The molecule has 0 heterocycles. The first-order chi connectivity index (χ1) is 6.95. The van der Waals surface area contributed by atoms with E-state index in [0.29, 0.717) is 5.78 Å². The van der Waals surface area contributed by atoms with Gasteiger partial charge in [-0.2, -0.15) is 0 Å². The first-order valence-corrected chi connectivity index (χ1v) is 5.60. The third-order valence-corrected chi connectivity index (χ3v) is 1.35. The highest BCUT2D eigenvalue weighted by molar-refractivity contribution is 5.80. The van der Waals surface area contributed by atoms with Gasteiger partial charge in [0.25, 0.3) is 0 Å². The number of amides is 1. The highest BCUT2D eigenvalue weighted by Gasteiger charge is 2.03. The Morgan fingerprint density at radius 3 is 1.67 bits per heavy atom. The molecule has 3 heteroatoms. The van der Waals surface area contributed by atoms with Crippen molar-refractivity contribution >= 4 is 12.2 Å². The van der Waals surface area contributed by atoms with Crippen LogP contribution in [0.25, 0.3) is 0 Å². The van der Waals surface area contributed by atoms with Gasteiger partial charge >= 0.3 is 0 Å². The smallest absolute Gasteiger partial charge is 0.209 e. The second-order valence-corrected chi connectivity index (χ2v) is 3.44. The summed E-state index contributed by atoms with van der Waals surface area (Å²) in [6.07, 6.45) is 2.48. The minimum atomic E-state index is 0.231. The van der Waals surface area contributed by atoms with Crippen molar-refractivity contribution in [2.45, 2.75) is 47.5 Å². The fourth-order valence-corrected chi connectivity index (χ4v) is 0.535. The van der Waals surface area contributed by atoms with Crippen molar-refractivity contribution in [3.8, 4) is 0 Å². The number of hydrogen-bond donors (Lipinski definition) is 0. The van der Waals surface area contributed by atoms with Crippen molar-refractivity contribution in [3.63, 3.8) is 0 Å². The van der Waals surface area contributed by atoms with Crippen LogP contribution < -0.4 is 0 Å². The quantitative estimate of drug-likeness (QED) is 0.679. The van der Waals surface area contributed by atoms with Crippen LogP contribution in [0.4, 0.5) is 0 Å². The van der Waals surface area contributed by atoms with Crippen LogP contribution in [-0.4, -0.2) is 31.2 Å². The molecular formula is C12H27NO2. The molecule has 0 aromatic heterocycles. The molecule has 0 saturated carbocycles. The number of hydrogen-bond acceptors (Lipinski definition) is 2. The summed E-state index contributed by atoms with van der Waals surface area (Å²) in [5, 5.41) is 0. The average molecular weight is 217 g/mol. The number of ketones is 1. The van der Waals surface area contributed by atoms with E-state index in [2.05, 4.69) is 0 Å². The molecule has 0 fully saturated rings. The van der Waals surface area contributed by atoms with Gasteiger partial charge in [0.15, 0.2) is 0 Å². The lowest BCUT2D eigenvalue weighted by Gasteiger charge is -1.98. The fourth-order valence-electron chi connectivity index (χ4n) is 0.535. The molecule has 3 nitrogen and oxygen atoms in total. The Balaban J connectivity index is -0.000000177. The standard InChI is InChI=1S/C7H14O.C3H7NO.C2H6/c1-4-5-7(8)6(2)3;1-4(2)3-5;1-2/h6H,4-5H2,1-3H3;3H,1-2H3;1-2H3. The van der Waals surface area contributed by atoms with Crippen LogP contribution in [0.1, 0.15) is 47.5 Å². The molecule has 0 aliphatic carbocycles. The largest absolute Gasteiger partial charge is 0.351 e. The molecule has 0 aromatic rings. The maximum absolute atomic E-state index is 10.7. The molecular weight excluding hydrogens is 190 g/mol. The summed E-state index contributed by atoms with van der Waals surface area (Å²) < 4.78 is 0. The molecule has 1 amide bonds. The fraction of sp³-hybridized carbons (Fsp3) is 0.833. The molecule has 0 saturated heterocycles. The molecule has 0 spiro atoms. The molecule has 0 bridgehead atoms. The maximum atomic E-state index is 10.7. The van der Waals surface area contributed by atoms with Gasteiger partial charge in [-0.3, -0.25) is 9.59 Å². The summed E-state index contributed by atoms with van der Waals surface area (Å²) in [5.41, 5.74) is 0. The molecule has 15 heavy (non-hydrogen) atoms. The van der Waals surface area contributed by atoms with Crippen LogP contribution in [-0.2, 0) is 9.59 Å². The number of carbonyl (C=O) groups is 2. The molecule has 0 radical (unpaired) electrons. The molecule has 0 aliphatic rings. The summed E-state index contributed by atoms with van der Waals surface area (Å²) in [4.78, 5) is 21.6. The van der Waals surface area contributed by atoms with Gasteiger partial charge in [0, 0.05) is 26.4 Å². The van der Waals surface area contributed by atoms with Crippen molar-refractivity contribution in [1.29, 1.82) is 0 Å². The lowest BCUT2D eigenvalue weighted by atomic mass is 10.1. The summed E-state index contributed by atoms with van der Waals surface area (Å²) >= 11 is 0. The van der Waals surface area contributed by atoms with Crippen molar-refractivity contribution in [1.82, 2.24) is 4.90 Å². The van der Waals surface area contributed by atoms with Gasteiger partial charge in [0.2, 0.25) is 6.41 Å². The highest BCUT2D eigenvalue weighted by atomic mass is 16.1. The van der Waals surface area contributed by atoms with E-state index < -0.39 is 0 Å². The van der Waals surface area contributed by atoms with Gasteiger partial charge in [0.1, 0.15) is 5.78 Å². The molecule has 92 valence electrons. The van der Waals surface area contributed by atoms with E-state index in [1.165, 1.54) is 4.90 Å². The topological polar surface area (TPSA) is 37.4 Å². The van der Waals surface area contributed by atoms with E-state index in [-0.39, 0.29) is 5.92 Å². The Morgan fingerprint density at radius 1 is 1.27 bits per heavy atom. The van der Waals surface area contributed by atoms with Crippen molar-refractivity contribution < 1.29 is 9.59 Å². The van der Waals surface area contributed by atoms with E-state index in [0.717, 1.165) is 19.3 Å². The van der Waals surface area contributed by atoms with Crippen LogP contribution in [0.5, 0.6) is 0 Å². The molecule has 0 rings (SSSR count). The molecule has 0 aromatic carbocycles. The number of nitrogens with zero attached hydrogens (tertiary/aromatic N) is 1. The van der Waals surface area contributed by atoms with Gasteiger partial charge < -0.3 is 4.90 Å². The summed E-state index contributed by atoms with van der Waals surface area (Å²) in [6, 6.07) is 0. The van der Waals surface area contributed by atoms with E-state index >= 15 is 0 Å². The molecule has 0 unspecified atom stereocenters. The van der Waals surface area contributed by atoms with Gasteiger partial charge in [-0.25, -0.2) is 0 Å². The predicted octanol–water partition coefficient (Wildman–Crippen LogP) is 2.74. The van der Waals surface area contributed by atoms with Crippen LogP contribution in [0.2, 0.25) is 0 Å². The van der Waals surface area contributed by atoms with Crippen molar-refractivity contribution in [2.75, 3.05) is 14.1 Å². The Kier molecular flexibility index (Phi) is 20.5. The Bertz CT molecular complexity index is 143. The zero-order valence-corrected chi connectivity index (χ0v) is 11.3. The Labute approximate surface area is 94.8 Å². The van der Waals surface area contributed by atoms with Crippen molar-refractivity contribution in [3.05, 3.63) is 0 Å². The third kappa shape index (κ3) is 24.6. The monoisotopic (exact) mass is 217 g/mol. The Hall–Kier alpha value is -0.860. The number of Topliss-reactive ketones (excluding diaryl/α,β-unsaturated/α-hetero) is 1. The first kappa shape index (κ1) is 19.7. The molecule has 0 atom stereocenters. The zero-order valence-electron chi connectivity index (χ0n) is 11.3. The van der Waals surface area contributed by atoms with Gasteiger partial charge in [-0.1, -0.05) is 34.6 Å². The average Bonchev–Trinajstić information content (AvgIpc) is 2.22. The van der Waals surface area contributed by atoms with Crippen LogP contribution >= 0.6 is 0 Å². The molecule has 0 N–H and O–H groups in total. The minimum absolute atomic E-state index is 0.231. The van der Waals surface area contributed by atoms with Gasteiger partial charge in [-0.15, -0.1) is 0 Å². The van der Waals surface area contributed by atoms with Crippen molar-refractivity contribution in [2.24, 2.45) is 5.92 Å². The van der Waals surface area contributed by atoms with Crippen LogP contribution in [0.3, 0.4) is 0 Å².